The van der Waals surface area contributed by atoms with Gasteiger partial charge in [-0.25, -0.2) is 4.98 Å². The van der Waals surface area contributed by atoms with E-state index in [-0.39, 0.29) is 24.6 Å². The third-order valence-corrected chi connectivity index (χ3v) is 3.12. The number of amides is 2. The maximum atomic E-state index is 12.2. The van der Waals surface area contributed by atoms with Crippen LogP contribution >= 0.6 is 0 Å². The molecule has 1 aromatic carbocycles. The molecule has 2 aromatic rings. The van der Waals surface area contributed by atoms with Gasteiger partial charge in [0.2, 0.25) is 11.8 Å². The van der Waals surface area contributed by atoms with Crippen molar-refractivity contribution in [2.75, 3.05) is 26.8 Å². The van der Waals surface area contributed by atoms with E-state index < -0.39 is 5.91 Å². The Morgan fingerprint density at radius 1 is 1.22 bits per heavy atom. The zero-order chi connectivity index (χ0) is 16.7. The molecule has 0 aliphatic rings. The van der Waals surface area contributed by atoms with E-state index in [0.29, 0.717) is 24.1 Å². The SMILES string of the molecule is COCCNC(=O)CNC(=O)Cn1cnc2ccccc2c1=O. The standard InChI is InChI=1S/C15H18N4O4/c1-23-7-6-16-13(20)8-17-14(21)9-19-10-18-12-5-3-2-4-11(12)15(19)22/h2-5,10H,6-9H2,1H3,(H,16,20)(H,17,21). The van der Waals surface area contributed by atoms with Crippen molar-refractivity contribution >= 4 is 22.7 Å². The van der Waals surface area contributed by atoms with Crippen LogP contribution in [0.5, 0.6) is 0 Å². The lowest BCUT2D eigenvalue weighted by Gasteiger charge is -2.08. The van der Waals surface area contributed by atoms with Gasteiger partial charge in [0.1, 0.15) is 6.54 Å². The van der Waals surface area contributed by atoms with Gasteiger partial charge in [-0.3, -0.25) is 19.0 Å². The summed E-state index contributed by atoms with van der Waals surface area (Å²) < 4.78 is 6.01. The Morgan fingerprint density at radius 3 is 2.78 bits per heavy atom. The summed E-state index contributed by atoms with van der Waals surface area (Å²) in [6.07, 6.45) is 1.32. The second-order valence-electron chi connectivity index (χ2n) is 4.81. The minimum atomic E-state index is -0.439. The van der Waals surface area contributed by atoms with Gasteiger partial charge in [0.15, 0.2) is 0 Å². The summed E-state index contributed by atoms with van der Waals surface area (Å²) in [6, 6.07) is 6.90. The molecule has 8 nitrogen and oxygen atoms in total. The molecule has 23 heavy (non-hydrogen) atoms. The fraction of sp³-hybridized carbons (Fsp3) is 0.333. The summed E-state index contributed by atoms with van der Waals surface area (Å²) in [5.74, 6) is -0.759. The number of hydrogen-bond donors (Lipinski definition) is 2. The Hall–Kier alpha value is -2.74. The van der Waals surface area contributed by atoms with Crippen LogP contribution in [-0.4, -0.2) is 48.2 Å². The van der Waals surface area contributed by atoms with Crippen molar-refractivity contribution < 1.29 is 14.3 Å². The maximum Gasteiger partial charge on any atom is 0.261 e. The molecule has 2 N–H and O–H groups in total. The molecule has 0 spiro atoms. The van der Waals surface area contributed by atoms with E-state index in [1.165, 1.54) is 18.0 Å². The first kappa shape index (κ1) is 16.6. The van der Waals surface area contributed by atoms with Gasteiger partial charge in [0.05, 0.1) is 30.4 Å². The van der Waals surface area contributed by atoms with Gasteiger partial charge in [0.25, 0.3) is 5.56 Å². The molecule has 0 saturated heterocycles. The molecular formula is C15H18N4O4. The Balaban J connectivity index is 1.92. The van der Waals surface area contributed by atoms with Crippen molar-refractivity contribution in [2.45, 2.75) is 6.54 Å². The monoisotopic (exact) mass is 318 g/mol. The van der Waals surface area contributed by atoms with E-state index in [2.05, 4.69) is 15.6 Å². The minimum Gasteiger partial charge on any atom is -0.383 e. The molecule has 0 aliphatic heterocycles. The number of fused-ring (bicyclic) bond motifs is 1. The number of carbonyl (C=O) groups is 2. The van der Waals surface area contributed by atoms with E-state index in [9.17, 15) is 14.4 Å². The van der Waals surface area contributed by atoms with Gasteiger partial charge < -0.3 is 15.4 Å². The topological polar surface area (TPSA) is 102 Å². The summed E-state index contributed by atoms with van der Waals surface area (Å²) in [5.41, 5.74) is 0.280. The second kappa shape index (κ2) is 8.04. The Morgan fingerprint density at radius 2 is 2.00 bits per heavy atom. The van der Waals surface area contributed by atoms with Gasteiger partial charge in [0, 0.05) is 13.7 Å². The first-order valence-electron chi connectivity index (χ1n) is 7.08. The van der Waals surface area contributed by atoms with Crippen LogP contribution in [0.25, 0.3) is 10.9 Å². The minimum absolute atomic E-state index is 0.154. The van der Waals surface area contributed by atoms with Crippen molar-refractivity contribution in [1.29, 1.82) is 0 Å². The zero-order valence-electron chi connectivity index (χ0n) is 12.7. The second-order valence-corrected chi connectivity index (χ2v) is 4.81. The van der Waals surface area contributed by atoms with E-state index in [0.717, 1.165) is 0 Å². The lowest BCUT2D eigenvalue weighted by molar-refractivity contribution is -0.126. The fourth-order valence-corrected chi connectivity index (χ4v) is 1.96. The average molecular weight is 318 g/mol. The highest BCUT2D eigenvalue weighted by atomic mass is 16.5. The van der Waals surface area contributed by atoms with Gasteiger partial charge in [-0.2, -0.15) is 0 Å². The van der Waals surface area contributed by atoms with E-state index in [1.807, 2.05) is 0 Å². The van der Waals surface area contributed by atoms with Crippen molar-refractivity contribution in [1.82, 2.24) is 20.2 Å². The number of nitrogens with one attached hydrogen (secondary N) is 2. The lowest BCUT2D eigenvalue weighted by atomic mass is 10.2. The van der Waals surface area contributed by atoms with Crippen molar-refractivity contribution in [2.24, 2.45) is 0 Å². The lowest BCUT2D eigenvalue weighted by Crippen LogP contribution is -2.40. The van der Waals surface area contributed by atoms with Gasteiger partial charge in [-0.1, -0.05) is 12.1 Å². The highest BCUT2D eigenvalue weighted by Crippen LogP contribution is 2.04. The summed E-state index contributed by atoms with van der Waals surface area (Å²) in [5, 5.41) is 5.48. The van der Waals surface area contributed by atoms with E-state index >= 15 is 0 Å². The number of carbonyl (C=O) groups excluding carboxylic acids is 2. The molecule has 0 fully saturated rings. The molecule has 0 bridgehead atoms. The van der Waals surface area contributed by atoms with Crippen LogP contribution in [0.3, 0.4) is 0 Å². The highest BCUT2D eigenvalue weighted by Gasteiger charge is 2.09. The first-order valence-corrected chi connectivity index (χ1v) is 7.08. The summed E-state index contributed by atoms with van der Waals surface area (Å²) in [6.45, 7) is 0.428. The molecule has 2 rings (SSSR count). The van der Waals surface area contributed by atoms with Crippen LogP contribution in [0, 0.1) is 0 Å². The molecule has 0 unspecified atom stereocenters. The molecule has 0 radical (unpaired) electrons. The molecular weight excluding hydrogens is 300 g/mol. The van der Waals surface area contributed by atoms with E-state index in [1.54, 1.807) is 24.3 Å². The number of hydrogen-bond acceptors (Lipinski definition) is 5. The number of aromatic nitrogens is 2. The summed E-state index contributed by atoms with van der Waals surface area (Å²) >= 11 is 0. The molecule has 8 heteroatoms. The van der Waals surface area contributed by atoms with Gasteiger partial charge in [-0.15, -0.1) is 0 Å². The number of nitrogens with zero attached hydrogens (tertiary/aromatic N) is 2. The van der Waals surface area contributed by atoms with Gasteiger partial charge in [-0.05, 0) is 12.1 Å². The fourth-order valence-electron chi connectivity index (χ4n) is 1.96. The van der Waals surface area contributed by atoms with E-state index in [4.69, 9.17) is 4.74 Å². The summed E-state index contributed by atoms with van der Waals surface area (Å²) in [4.78, 5) is 39.6. The molecule has 2 amide bonds. The molecule has 1 heterocycles. The third-order valence-electron chi connectivity index (χ3n) is 3.12. The van der Waals surface area contributed by atoms with Crippen LogP contribution in [0.4, 0.5) is 0 Å². The van der Waals surface area contributed by atoms with Crippen LogP contribution in [-0.2, 0) is 20.9 Å². The Labute approximate surface area is 132 Å². The molecule has 0 saturated carbocycles. The number of benzene rings is 1. The molecule has 122 valence electrons. The molecule has 1 aromatic heterocycles. The normalized spacial score (nSPS) is 10.5. The zero-order valence-corrected chi connectivity index (χ0v) is 12.7. The Bertz CT molecular complexity index is 756. The predicted molar refractivity (Wildman–Crippen MR) is 83.9 cm³/mol. The maximum absolute atomic E-state index is 12.2. The van der Waals surface area contributed by atoms with Crippen LogP contribution in [0.15, 0.2) is 35.4 Å². The molecule has 0 aliphatic carbocycles. The quantitative estimate of drug-likeness (QED) is 0.656. The number of para-hydroxylation sites is 1. The smallest absolute Gasteiger partial charge is 0.261 e. The predicted octanol–water partition coefficient (Wildman–Crippen LogP) is -0.725. The number of rotatable bonds is 7. The largest absolute Gasteiger partial charge is 0.383 e. The summed E-state index contributed by atoms with van der Waals surface area (Å²) in [7, 11) is 1.53. The first-order chi connectivity index (χ1) is 11.1. The average Bonchev–Trinajstić information content (AvgIpc) is 2.56. The van der Waals surface area contributed by atoms with Crippen molar-refractivity contribution in [3.8, 4) is 0 Å². The van der Waals surface area contributed by atoms with Crippen LogP contribution in [0.2, 0.25) is 0 Å². The number of ether oxygens (including phenoxy) is 1. The molecule has 0 atom stereocenters. The van der Waals surface area contributed by atoms with Crippen LogP contribution in [0.1, 0.15) is 0 Å². The van der Waals surface area contributed by atoms with Crippen molar-refractivity contribution in [3.05, 3.63) is 40.9 Å². The van der Waals surface area contributed by atoms with Crippen LogP contribution < -0.4 is 16.2 Å². The highest BCUT2D eigenvalue weighted by molar-refractivity contribution is 5.84. The third kappa shape index (κ3) is 4.62. The van der Waals surface area contributed by atoms with Gasteiger partial charge >= 0.3 is 0 Å². The number of methoxy groups -OCH3 is 1. The Kier molecular flexibility index (Phi) is 5.81. The van der Waals surface area contributed by atoms with Crippen molar-refractivity contribution in [3.63, 3.8) is 0 Å².